The van der Waals surface area contributed by atoms with Gasteiger partial charge in [0, 0.05) is 17.1 Å². The van der Waals surface area contributed by atoms with E-state index in [9.17, 15) is 0 Å². The number of nitrogens with one attached hydrogen (secondary N) is 2. The van der Waals surface area contributed by atoms with Crippen LogP contribution in [0.25, 0.3) is 10.9 Å². The molecule has 0 atom stereocenters. The molecule has 3 aromatic rings. The Bertz CT molecular complexity index is 566. The fourth-order valence-electron chi connectivity index (χ4n) is 1.72. The van der Waals surface area contributed by atoms with Crippen LogP contribution in [0.1, 0.15) is 0 Å². The van der Waals surface area contributed by atoms with Crippen LogP contribution in [-0.2, 0) is 0 Å². The van der Waals surface area contributed by atoms with Crippen molar-refractivity contribution in [3.63, 3.8) is 0 Å². The largest absolute Gasteiger partial charge is 0.341 e. The second kappa shape index (κ2) is 3.70. The minimum atomic E-state index is 0.842. The van der Waals surface area contributed by atoms with Crippen molar-refractivity contribution in [1.82, 2.24) is 9.97 Å². The average molecular weight is 209 g/mol. The van der Waals surface area contributed by atoms with Crippen molar-refractivity contribution in [2.24, 2.45) is 0 Å². The standard InChI is InChI=1S/C13H11N3/c1-2-6-11-10(5-1)9-13(15-11)16-12-7-3-4-8-14-12/h1-9,15H,(H,14,16). The molecular weight excluding hydrogens is 198 g/mol. The van der Waals surface area contributed by atoms with Crippen LogP contribution in [-0.4, -0.2) is 9.97 Å². The highest BCUT2D eigenvalue weighted by Gasteiger charge is 1.99. The molecule has 0 fully saturated rings. The maximum atomic E-state index is 4.21. The molecular formula is C13H11N3. The van der Waals surface area contributed by atoms with E-state index in [4.69, 9.17) is 0 Å². The van der Waals surface area contributed by atoms with E-state index in [0.717, 1.165) is 17.2 Å². The van der Waals surface area contributed by atoms with Gasteiger partial charge < -0.3 is 10.3 Å². The molecule has 0 saturated heterocycles. The van der Waals surface area contributed by atoms with Gasteiger partial charge in [-0.05, 0) is 24.3 Å². The molecule has 2 N–H and O–H groups in total. The predicted molar refractivity (Wildman–Crippen MR) is 65.8 cm³/mol. The third kappa shape index (κ3) is 1.63. The first-order valence-electron chi connectivity index (χ1n) is 5.18. The molecule has 1 aromatic carbocycles. The maximum Gasteiger partial charge on any atom is 0.131 e. The molecule has 0 saturated carbocycles. The lowest BCUT2D eigenvalue weighted by molar-refractivity contribution is 1.29. The third-order valence-corrected chi connectivity index (χ3v) is 2.46. The minimum absolute atomic E-state index is 0.842. The Balaban J connectivity index is 1.95. The Morgan fingerprint density at radius 3 is 2.69 bits per heavy atom. The molecule has 78 valence electrons. The molecule has 0 aliphatic heterocycles. The van der Waals surface area contributed by atoms with Crippen molar-refractivity contribution in [1.29, 1.82) is 0 Å². The zero-order chi connectivity index (χ0) is 10.8. The first-order chi connectivity index (χ1) is 7.92. The quantitative estimate of drug-likeness (QED) is 0.679. The monoisotopic (exact) mass is 209 g/mol. The summed E-state index contributed by atoms with van der Waals surface area (Å²) in [6, 6.07) is 16.0. The Morgan fingerprint density at radius 2 is 1.88 bits per heavy atom. The molecule has 0 aliphatic rings. The SMILES string of the molecule is c1ccc(Nc2cc3ccccc3[nH]2)nc1. The first kappa shape index (κ1) is 8.97. The first-order valence-corrected chi connectivity index (χ1v) is 5.18. The zero-order valence-electron chi connectivity index (χ0n) is 8.64. The maximum absolute atomic E-state index is 4.21. The molecule has 2 aromatic heterocycles. The Labute approximate surface area is 93.1 Å². The van der Waals surface area contributed by atoms with Crippen molar-refractivity contribution in [2.75, 3.05) is 5.32 Å². The molecule has 3 rings (SSSR count). The zero-order valence-corrected chi connectivity index (χ0v) is 8.64. The van der Waals surface area contributed by atoms with Gasteiger partial charge in [0.25, 0.3) is 0 Å². The molecule has 0 aliphatic carbocycles. The second-order valence-electron chi connectivity index (χ2n) is 3.61. The second-order valence-corrected chi connectivity index (χ2v) is 3.61. The number of aromatic amines is 1. The summed E-state index contributed by atoms with van der Waals surface area (Å²) in [6.07, 6.45) is 1.77. The third-order valence-electron chi connectivity index (χ3n) is 2.46. The van der Waals surface area contributed by atoms with Gasteiger partial charge in [0.2, 0.25) is 0 Å². The van der Waals surface area contributed by atoms with E-state index in [-0.39, 0.29) is 0 Å². The number of benzene rings is 1. The van der Waals surface area contributed by atoms with Gasteiger partial charge in [0.1, 0.15) is 11.6 Å². The van der Waals surface area contributed by atoms with E-state index < -0.39 is 0 Å². The highest BCUT2D eigenvalue weighted by molar-refractivity contribution is 5.84. The van der Waals surface area contributed by atoms with Crippen LogP contribution in [0.2, 0.25) is 0 Å². The molecule has 0 amide bonds. The van der Waals surface area contributed by atoms with E-state index in [1.54, 1.807) is 6.20 Å². The summed E-state index contributed by atoms with van der Waals surface area (Å²) >= 11 is 0. The van der Waals surface area contributed by atoms with Crippen LogP contribution in [0.3, 0.4) is 0 Å². The van der Waals surface area contributed by atoms with Gasteiger partial charge in [-0.1, -0.05) is 24.3 Å². The van der Waals surface area contributed by atoms with Gasteiger partial charge in [0.15, 0.2) is 0 Å². The smallest absolute Gasteiger partial charge is 0.131 e. The summed E-state index contributed by atoms with van der Waals surface area (Å²) < 4.78 is 0. The highest BCUT2D eigenvalue weighted by Crippen LogP contribution is 2.20. The van der Waals surface area contributed by atoms with Crippen LogP contribution in [0, 0.1) is 0 Å². The van der Waals surface area contributed by atoms with E-state index in [0.29, 0.717) is 0 Å². The summed E-state index contributed by atoms with van der Waals surface area (Å²) in [7, 11) is 0. The molecule has 16 heavy (non-hydrogen) atoms. The van der Waals surface area contributed by atoms with Crippen molar-refractivity contribution in [3.05, 3.63) is 54.7 Å². The van der Waals surface area contributed by atoms with E-state index in [1.807, 2.05) is 30.3 Å². The summed E-state index contributed by atoms with van der Waals surface area (Å²) in [5, 5.41) is 4.42. The highest BCUT2D eigenvalue weighted by atomic mass is 15.1. The Hall–Kier alpha value is -2.29. The van der Waals surface area contributed by atoms with Crippen LogP contribution < -0.4 is 5.32 Å². The minimum Gasteiger partial charge on any atom is -0.341 e. The molecule has 3 heteroatoms. The molecule has 0 radical (unpaired) electrons. The fourth-order valence-corrected chi connectivity index (χ4v) is 1.72. The molecule has 3 nitrogen and oxygen atoms in total. The number of para-hydroxylation sites is 1. The molecule has 2 heterocycles. The number of hydrogen-bond acceptors (Lipinski definition) is 2. The number of aromatic nitrogens is 2. The van der Waals surface area contributed by atoms with Crippen molar-refractivity contribution >= 4 is 22.5 Å². The van der Waals surface area contributed by atoms with Gasteiger partial charge in [-0.2, -0.15) is 0 Å². The number of pyridine rings is 1. The lowest BCUT2D eigenvalue weighted by atomic mass is 10.2. The van der Waals surface area contributed by atoms with Crippen LogP contribution in [0.5, 0.6) is 0 Å². The summed E-state index contributed by atoms with van der Waals surface area (Å²) in [5.41, 5.74) is 1.13. The van der Waals surface area contributed by atoms with Crippen LogP contribution in [0.15, 0.2) is 54.7 Å². The van der Waals surface area contributed by atoms with Crippen molar-refractivity contribution < 1.29 is 0 Å². The van der Waals surface area contributed by atoms with Crippen molar-refractivity contribution in [3.8, 4) is 0 Å². The number of hydrogen-bond donors (Lipinski definition) is 2. The van der Waals surface area contributed by atoms with Gasteiger partial charge in [-0.15, -0.1) is 0 Å². The number of rotatable bonds is 2. The van der Waals surface area contributed by atoms with Gasteiger partial charge >= 0.3 is 0 Å². The lowest BCUT2D eigenvalue weighted by Crippen LogP contribution is -1.91. The summed E-state index contributed by atoms with van der Waals surface area (Å²) in [4.78, 5) is 7.51. The Kier molecular flexibility index (Phi) is 2.07. The average Bonchev–Trinajstić information content (AvgIpc) is 2.72. The number of fused-ring (bicyclic) bond motifs is 1. The van der Waals surface area contributed by atoms with E-state index in [1.165, 1.54) is 5.39 Å². The van der Waals surface area contributed by atoms with Gasteiger partial charge in [-0.3, -0.25) is 0 Å². The normalized spacial score (nSPS) is 10.5. The van der Waals surface area contributed by atoms with Crippen LogP contribution >= 0.6 is 0 Å². The molecule has 0 spiro atoms. The fraction of sp³-hybridized carbons (Fsp3) is 0. The van der Waals surface area contributed by atoms with Crippen LogP contribution in [0.4, 0.5) is 11.6 Å². The van der Waals surface area contributed by atoms with E-state index in [2.05, 4.69) is 33.5 Å². The van der Waals surface area contributed by atoms with Gasteiger partial charge in [0.05, 0.1) is 0 Å². The number of nitrogens with zero attached hydrogens (tertiary/aromatic N) is 1. The molecule has 0 bridgehead atoms. The summed E-state index contributed by atoms with van der Waals surface area (Å²) in [6.45, 7) is 0. The lowest BCUT2D eigenvalue weighted by Gasteiger charge is -2.00. The molecule has 0 unspecified atom stereocenters. The summed E-state index contributed by atoms with van der Waals surface area (Å²) in [5.74, 6) is 1.80. The van der Waals surface area contributed by atoms with Crippen molar-refractivity contribution in [2.45, 2.75) is 0 Å². The Morgan fingerprint density at radius 1 is 1.00 bits per heavy atom. The topological polar surface area (TPSA) is 40.7 Å². The van der Waals surface area contributed by atoms with Gasteiger partial charge in [-0.25, -0.2) is 4.98 Å². The predicted octanol–water partition coefficient (Wildman–Crippen LogP) is 3.31. The number of anilines is 2. The number of H-pyrrole nitrogens is 1. The van der Waals surface area contributed by atoms with E-state index >= 15 is 0 Å².